The number of rotatable bonds is 6. The lowest BCUT2D eigenvalue weighted by Gasteiger charge is -2.14. The molecule has 0 bridgehead atoms. The van der Waals surface area contributed by atoms with Crippen LogP contribution in [0.1, 0.15) is 41.6 Å². The Morgan fingerprint density at radius 2 is 2.10 bits per heavy atom. The molecule has 20 heavy (non-hydrogen) atoms. The molecule has 7 heteroatoms. The van der Waals surface area contributed by atoms with E-state index >= 15 is 0 Å². The molecule has 0 aliphatic carbocycles. The summed E-state index contributed by atoms with van der Waals surface area (Å²) < 4.78 is 4.75. The molecule has 0 saturated heterocycles. The molecule has 1 aromatic heterocycles. The summed E-state index contributed by atoms with van der Waals surface area (Å²) in [6.45, 7) is 5.48. The summed E-state index contributed by atoms with van der Waals surface area (Å²) in [7, 11) is 1.28. The van der Waals surface area contributed by atoms with Crippen molar-refractivity contribution in [3.05, 3.63) is 23.3 Å². The molecule has 0 fully saturated rings. The number of carbonyl (C=O) groups is 2. The zero-order valence-corrected chi connectivity index (χ0v) is 12.0. The van der Waals surface area contributed by atoms with E-state index < -0.39 is 18.0 Å². The number of amides is 1. The van der Waals surface area contributed by atoms with Crippen LogP contribution < -0.4 is 5.32 Å². The summed E-state index contributed by atoms with van der Waals surface area (Å²) in [6, 6.07) is 0. The molecule has 1 aromatic rings. The Labute approximate surface area is 117 Å². The van der Waals surface area contributed by atoms with Gasteiger partial charge >= 0.3 is 5.97 Å². The molecule has 1 rings (SSSR count). The highest BCUT2D eigenvalue weighted by atomic mass is 16.5. The van der Waals surface area contributed by atoms with Gasteiger partial charge in [-0.2, -0.15) is 0 Å². The van der Waals surface area contributed by atoms with Crippen LogP contribution >= 0.6 is 0 Å². The second kappa shape index (κ2) is 6.95. The van der Waals surface area contributed by atoms with Gasteiger partial charge in [-0.15, -0.1) is 0 Å². The standard InChI is InChI=1S/C13H19N3O4/c1-7(2)11-9(5-14-8(3)16-11)12(17)15-6-10(20-4)13(18)19/h5,7,10H,6H2,1-4H3,(H,15,17)(H,18,19). The van der Waals surface area contributed by atoms with Crippen LogP contribution in [0.5, 0.6) is 0 Å². The second-order valence-electron chi connectivity index (χ2n) is 4.64. The van der Waals surface area contributed by atoms with Crippen molar-refractivity contribution < 1.29 is 19.4 Å². The number of hydrogen-bond acceptors (Lipinski definition) is 5. The van der Waals surface area contributed by atoms with Crippen molar-refractivity contribution in [2.24, 2.45) is 0 Å². The summed E-state index contributed by atoms with van der Waals surface area (Å²) in [6.07, 6.45) is 0.378. The van der Waals surface area contributed by atoms with Gasteiger partial charge in [0.1, 0.15) is 5.82 Å². The quantitative estimate of drug-likeness (QED) is 0.797. The van der Waals surface area contributed by atoms with Crippen molar-refractivity contribution in [2.45, 2.75) is 32.8 Å². The average Bonchev–Trinajstić information content (AvgIpc) is 2.38. The van der Waals surface area contributed by atoms with Gasteiger partial charge in [0, 0.05) is 13.3 Å². The molecule has 0 aromatic carbocycles. The molecule has 0 radical (unpaired) electrons. The number of hydrogen-bond donors (Lipinski definition) is 2. The lowest BCUT2D eigenvalue weighted by atomic mass is 10.0. The Morgan fingerprint density at radius 1 is 1.45 bits per heavy atom. The predicted octanol–water partition coefficient (Wildman–Crippen LogP) is 0.738. The number of aromatic nitrogens is 2. The summed E-state index contributed by atoms with van der Waals surface area (Å²) in [5, 5.41) is 11.4. The van der Waals surface area contributed by atoms with Gasteiger partial charge in [-0.05, 0) is 12.8 Å². The van der Waals surface area contributed by atoms with Crippen molar-refractivity contribution in [3.63, 3.8) is 0 Å². The van der Waals surface area contributed by atoms with Gasteiger partial charge in [0.2, 0.25) is 0 Å². The molecule has 7 nitrogen and oxygen atoms in total. The zero-order chi connectivity index (χ0) is 15.3. The fourth-order valence-electron chi connectivity index (χ4n) is 1.65. The smallest absolute Gasteiger partial charge is 0.334 e. The molecular weight excluding hydrogens is 262 g/mol. The normalized spacial score (nSPS) is 12.2. The van der Waals surface area contributed by atoms with Gasteiger partial charge < -0.3 is 15.2 Å². The maximum atomic E-state index is 12.1. The number of aliphatic carboxylic acids is 1. The lowest BCUT2D eigenvalue weighted by Crippen LogP contribution is -2.38. The molecule has 0 spiro atoms. The van der Waals surface area contributed by atoms with Gasteiger partial charge in [0.25, 0.3) is 5.91 Å². The number of carbonyl (C=O) groups excluding carboxylic acids is 1. The van der Waals surface area contributed by atoms with Crippen LogP contribution in [0.15, 0.2) is 6.20 Å². The number of methoxy groups -OCH3 is 1. The number of nitrogens with one attached hydrogen (secondary N) is 1. The van der Waals surface area contributed by atoms with E-state index in [1.165, 1.54) is 13.3 Å². The molecule has 1 amide bonds. The Morgan fingerprint density at radius 3 is 2.60 bits per heavy atom. The first kappa shape index (κ1) is 16.0. The van der Waals surface area contributed by atoms with E-state index in [9.17, 15) is 9.59 Å². The first-order valence-corrected chi connectivity index (χ1v) is 6.24. The molecule has 0 aliphatic heterocycles. The van der Waals surface area contributed by atoms with E-state index in [2.05, 4.69) is 15.3 Å². The van der Waals surface area contributed by atoms with Crippen LogP contribution in [0.4, 0.5) is 0 Å². The van der Waals surface area contributed by atoms with Gasteiger partial charge in [-0.25, -0.2) is 14.8 Å². The van der Waals surface area contributed by atoms with E-state index in [-0.39, 0.29) is 12.5 Å². The molecule has 1 heterocycles. The van der Waals surface area contributed by atoms with E-state index in [0.29, 0.717) is 17.1 Å². The fraction of sp³-hybridized carbons (Fsp3) is 0.538. The molecule has 0 saturated carbocycles. The SMILES string of the molecule is COC(CNC(=O)c1cnc(C)nc1C(C)C)C(=O)O. The Bertz CT molecular complexity index is 502. The van der Waals surface area contributed by atoms with Crippen LogP contribution in [0.3, 0.4) is 0 Å². The largest absolute Gasteiger partial charge is 0.479 e. The van der Waals surface area contributed by atoms with Gasteiger partial charge in [-0.1, -0.05) is 13.8 Å². The minimum Gasteiger partial charge on any atom is -0.479 e. The van der Waals surface area contributed by atoms with E-state index in [1.807, 2.05) is 13.8 Å². The summed E-state index contributed by atoms with van der Waals surface area (Å²) in [5.74, 6) is -0.880. The highest BCUT2D eigenvalue weighted by Gasteiger charge is 2.20. The summed E-state index contributed by atoms with van der Waals surface area (Å²) in [5.41, 5.74) is 0.991. The Kier molecular flexibility index (Phi) is 5.57. The zero-order valence-electron chi connectivity index (χ0n) is 12.0. The topological polar surface area (TPSA) is 101 Å². The minimum atomic E-state index is -1.13. The predicted molar refractivity (Wildman–Crippen MR) is 71.6 cm³/mol. The van der Waals surface area contributed by atoms with E-state index in [4.69, 9.17) is 9.84 Å². The van der Waals surface area contributed by atoms with Crippen molar-refractivity contribution in [3.8, 4) is 0 Å². The van der Waals surface area contributed by atoms with Crippen LogP contribution in [-0.4, -0.2) is 46.7 Å². The van der Waals surface area contributed by atoms with Crippen LogP contribution in [-0.2, 0) is 9.53 Å². The van der Waals surface area contributed by atoms with Crippen molar-refractivity contribution >= 4 is 11.9 Å². The number of carboxylic acids is 1. The van der Waals surface area contributed by atoms with Crippen LogP contribution in [0, 0.1) is 6.92 Å². The second-order valence-corrected chi connectivity index (χ2v) is 4.64. The van der Waals surface area contributed by atoms with Gasteiger partial charge in [0.15, 0.2) is 6.10 Å². The minimum absolute atomic E-state index is 0.0649. The number of carboxylic acid groups (broad SMARTS) is 1. The van der Waals surface area contributed by atoms with Gasteiger partial charge in [-0.3, -0.25) is 4.79 Å². The fourth-order valence-corrected chi connectivity index (χ4v) is 1.65. The first-order valence-electron chi connectivity index (χ1n) is 6.24. The maximum Gasteiger partial charge on any atom is 0.334 e. The van der Waals surface area contributed by atoms with E-state index in [1.54, 1.807) is 6.92 Å². The number of ether oxygens (including phenoxy) is 1. The molecule has 0 aliphatic rings. The van der Waals surface area contributed by atoms with Crippen LogP contribution in [0.2, 0.25) is 0 Å². The van der Waals surface area contributed by atoms with Crippen LogP contribution in [0.25, 0.3) is 0 Å². The van der Waals surface area contributed by atoms with E-state index in [0.717, 1.165) is 0 Å². The monoisotopic (exact) mass is 281 g/mol. The van der Waals surface area contributed by atoms with Crippen molar-refractivity contribution in [1.29, 1.82) is 0 Å². The summed E-state index contributed by atoms with van der Waals surface area (Å²) in [4.78, 5) is 31.1. The third kappa shape index (κ3) is 3.99. The number of aryl methyl sites for hydroxylation is 1. The summed E-state index contributed by atoms with van der Waals surface area (Å²) >= 11 is 0. The van der Waals surface area contributed by atoms with Crippen molar-refractivity contribution in [2.75, 3.05) is 13.7 Å². The Hall–Kier alpha value is -2.02. The lowest BCUT2D eigenvalue weighted by molar-refractivity contribution is -0.148. The number of nitrogens with zero attached hydrogens (tertiary/aromatic N) is 2. The first-order chi connectivity index (χ1) is 9.36. The molecule has 1 unspecified atom stereocenters. The Balaban J connectivity index is 2.85. The third-order valence-corrected chi connectivity index (χ3v) is 2.74. The van der Waals surface area contributed by atoms with Crippen molar-refractivity contribution in [1.82, 2.24) is 15.3 Å². The highest BCUT2D eigenvalue weighted by Crippen LogP contribution is 2.16. The van der Waals surface area contributed by atoms with Gasteiger partial charge in [0.05, 0.1) is 17.8 Å². The average molecular weight is 281 g/mol. The third-order valence-electron chi connectivity index (χ3n) is 2.74. The molecular formula is C13H19N3O4. The maximum absolute atomic E-state index is 12.1. The highest BCUT2D eigenvalue weighted by molar-refractivity contribution is 5.95. The molecule has 110 valence electrons. The molecule has 1 atom stereocenters. The molecule has 2 N–H and O–H groups in total.